The number of piperidine rings is 3. The number of ether oxygens (including phenoxy) is 3. The molecule has 24 nitrogen and oxygen atoms in total. The fraction of sp³-hybridized carbons (Fsp3) is 0.650. The summed E-state index contributed by atoms with van der Waals surface area (Å²) < 4.78 is 148. The van der Waals surface area contributed by atoms with Gasteiger partial charge in [-0.3, -0.25) is 45.0 Å². The summed E-state index contributed by atoms with van der Waals surface area (Å²) in [5.74, 6) is -11.4. The molecule has 3 aromatic carbocycles. The molecule has 33 heteroatoms. The zero-order valence-corrected chi connectivity index (χ0v) is 53.4. The fourth-order valence-electron chi connectivity index (χ4n) is 12.0. The number of nitro groups is 3. The number of nitrogens with zero attached hydrogens (tertiary/aromatic N) is 12. The molecule has 6 fully saturated rings. The smallest absolute Gasteiger partial charge is 0.410 e. The molecule has 516 valence electrons. The molecule has 3 aromatic rings. The van der Waals surface area contributed by atoms with Crippen molar-refractivity contribution in [1.29, 1.82) is 0 Å². The first-order valence-electron chi connectivity index (χ1n) is 30.5. The van der Waals surface area contributed by atoms with E-state index in [0.717, 1.165) is 32.9 Å². The summed E-state index contributed by atoms with van der Waals surface area (Å²) in [4.78, 5) is 80.0. The lowest BCUT2D eigenvalue weighted by molar-refractivity contribution is -0.385. The summed E-state index contributed by atoms with van der Waals surface area (Å²) >= 11 is 0. The fourth-order valence-corrected chi connectivity index (χ4v) is 12.0. The molecule has 3 unspecified atom stereocenters. The van der Waals surface area contributed by atoms with Crippen molar-refractivity contribution < 1.29 is 82.9 Å². The van der Waals surface area contributed by atoms with Crippen LogP contribution in [0.4, 0.5) is 88.0 Å². The molecule has 0 saturated carbocycles. The minimum absolute atomic E-state index is 0.109. The molecule has 9 rings (SSSR count). The first kappa shape index (κ1) is 72.7. The molecule has 0 radical (unpaired) electrons. The van der Waals surface area contributed by atoms with Crippen LogP contribution in [0.25, 0.3) is 0 Å². The highest BCUT2D eigenvalue weighted by atomic mass is 19.3. The van der Waals surface area contributed by atoms with Gasteiger partial charge in [0, 0.05) is 116 Å². The maximum Gasteiger partial charge on any atom is 0.410 e. The highest BCUT2D eigenvalue weighted by Crippen LogP contribution is 2.38. The molecule has 0 aromatic heterocycles. The molecule has 93 heavy (non-hydrogen) atoms. The van der Waals surface area contributed by atoms with Crippen molar-refractivity contribution >= 4 is 52.4 Å². The van der Waals surface area contributed by atoms with Gasteiger partial charge in [0.15, 0.2) is 17.5 Å². The first-order valence-corrected chi connectivity index (χ1v) is 30.5. The Hall–Kier alpha value is -7.68. The van der Waals surface area contributed by atoms with E-state index >= 15 is 0 Å². The third-order valence-corrected chi connectivity index (χ3v) is 16.4. The highest BCUT2D eigenvalue weighted by molar-refractivity contribution is 5.69. The number of likely N-dealkylation sites (tertiary alicyclic amines) is 3. The number of carbonyl (C=O) groups is 3. The molecule has 0 bridgehead atoms. The van der Waals surface area contributed by atoms with Gasteiger partial charge in [-0.15, -0.1) is 0 Å². The lowest BCUT2D eigenvalue weighted by atomic mass is 9.98. The maximum atomic E-state index is 14.9. The van der Waals surface area contributed by atoms with Crippen LogP contribution in [0.15, 0.2) is 54.6 Å². The number of anilines is 3. The monoisotopic (exact) mass is 1330 g/mol. The molecule has 0 N–H and O–H groups in total. The normalized spacial score (nSPS) is 22.3. The van der Waals surface area contributed by atoms with E-state index in [9.17, 15) is 84.2 Å². The van der Waals surface area contributed by atoms with Crippen LogP contribution in [0.1, 0.15) is 81.6 Å². The SMILES string of the molecule is CC(C)(C)OC(=O)N1CCC(N2CCN(c3ccc([N+](=O)[O-])cc3F)CC2)C(F)(F)C1.CC(C)(C)OC(=O)N1CCC(N2CCN(c3ccc([N+](=O)[O-])cc3F)CC2)C(F)(F)C1.CC(C)(C)OC(=O)N1CCC(N2CCN(c3ccc([N+](=O)[O-])cc3F)CC2)C(F)(F)C1. The van der Waals surface area contributed by atoms with Crippen LogP contribution in [-0.2, 0) is 14.2 Å². The second-order valence-electron chi connectivity index (χ2n) is 26.6. The summed E-state index contributed by atoms with van der Waals surface area (Å²) in [6, 6.07) is 7.25. The van der Waals surface area contributed by atoms with Crippen LogP contribution in [-0.4, -0.2) is 233 Å². The number of halogens is 9. The summed E-state index contributed by atoms with van der Waals surface area (Å²) in [7, 11) is 0. The Labute approximate surface area is 532 Å². The average Bonchev–Trinajstić information content (AvgIpc) is 0.841. The van der Waals surface area contributed by atoms with Crippen LogP contribution in [0.3, 0.4) is 0 Å². The van der Waals surface area contributed by atoms with Crippen LogP contribution in [0.2, 0.25) is 0 Å². The van der Waals surface area contributed by atoms with Crippen molar-refractivity contribution in [2.45, 2.75) is 134 Å². The van der Waals surface area contributed by atoms with E-state index in [1.165, 1.54) is 36.4 Å². The van der Waals surface area contributed by atoms with Gasteiger partial charge in [0.25, 0.3) is 34.8 Å². The topological polar surface area (TPSA) is 237 Å². The van der Waals surface area contributed by atoms with E-state index in [-0.39, 0.29) is 73.0 Å². The molecular formula is C60H81F9N12O12. The highest BCUT2D eigenvalue weighted by Gasteiger charge is 2.53. The van der Waals surface area contributed by atoms with Gasteiger partial charge in [-0.1, -0.05) is 0 Å². The minimum atomic E-state index is -3.10. The molecule has 6 aliphatic rings. The zero-order chi connectivity index (χ0) is 68.9. The molecule has 3 amide bonds. The van der Waals surface area contributed by atoms with E-state index in [1.807, 2.05) is 0 Å². The van der Waals surface area contributed by atoms with Gasteiger partial charge >= 0.3 is 18.3 Å². The van der Waals surface area contributed by atoms with Crippen molar-refractivity contribution in [2.75, 3.05) is 133 Å². The number of piperazine rings is 3. The number of amides is 3. The molecule has 6 aliphatic heterocycles. The Kier molecular flexibility index (Phi) is 22.6. The number of hydrogen-bond donors (Lipinski definition) is 0. The second-order valence-corrected chi connectivity index (χ2v) is 26.6. The molecule has 3 atom stereocenters. The number of carbonyl (C=O) groups excluding carboxylic acids is 3. The van der Waals surface area contributed by atoms with Crippen LogP contribution < -0.4 is 14.7 Å². The summed E-state index contributed by atoms with van der Waals surface area (Å²) in [5.41, 5.74) is -2.62. The van der Waals surface area contributed by atoms with E-state index in [1.54, 1.807) is 91.7 Å². The molecular weight excluding hydrogens is 1250 g/mol. The third-order valence-electron chi connectivity index (χ3n) is 16.4. The quantitative estimate of drug-likeness (QED) is 0.0837. The van der Waals surface area contributed by atoms with Gasteiger partial charge in [-0.2, -0.15) is 0 Å². The molecule has 0 spiro atoms. The molecule has 6 saturated heterocycles. The summed E-state index contributed by atoms with van der Waals surface area (Å²) in [6.07, 6.45) is -1.91. The third kappa shape index (κ3) is 19.2. The van der Waals surface area contributed by atoms with Gasteiger partial charge in [0.05, 0.1) is 87.8 Å². The standard InChI is InChI=1S/3C20H27F3N4O4/c3*1-19(2,3)31-18(28)26-7-6-17(20(22,23)13-26)25-10-8-24(9-11-25)16-5-4-14(27(29)30)12-15(16)21/h3*4-5,12,17H,6-11,13H2,1-3H3. The van der Waals surface area contributed by atoms with E-state index in [0.29, 0.717) is 78.5 Å². The largest absolute Gasteiger partial charge is 0.444 e. The molecule has 0 aliphatic carbocycles. The Morgan fingerprint density at radius 1 is 0.398 bits per heavy atom. The Morgan fingerprint density at radius 3 is 0.785 bits per heavy atom. The van der Waals surface area contributed by atoms with Crippen LogP contribution >= 0.6 is 0 Å². The summed E-state index contributed by atoms with van der Waals surface area (Å²) in [6.45, 7) is 17.2. The number of benzene rings is 3. The van der Waals surface area contributed by atoms with E-state index < -0.39 is 123 Å². The number of nitro benzene ring substituents is 3. The van der Waals surface area contributed by atoms with Crippen molar-refractivity contribution in [3.63, 3.8) is 0 Å². The van der Waals surface area contributed by atoms with Gasteiger partial charge in [0.2, 0.25) is 0 Å². The Morgan fingerprint density at radius 2 is 0.613 bits per heavy atom. The first-order chi connectivity index (χ1) is 43.1. The molecule has 6 heterocycles. The van der Waals surface area contributed by atoms with Crippen LogP contribution in [0.5, 0.6) is 0 Å². The van der Waals surface area contributed by atoms with Gasteiger partial charge in [0.1, 0.15) is 16.8 Å². The Balaban J connectivity index is 0.000000198. The zero-order valence-electron chi connectivity index (χ0n) is 53.4. The number of rotatable bonds is 9. The van der Waals surface area contributed by atoms with Crippen molar-refractivity contribution in [2.24, 2.45) is 0 Å². The maximum absolute atomic E-state index is 14.9. The minimum Gasteiger partial charge on any atom is -0.444 e. The number of non-ortho nitro benzene ring substituents is 3. The second kappa shape index (κ2) is 28.9. The van der Waals surface area contributed by atoms with Gasteiger partial charge in [-0.25, -0.2) is 53.9 Å². The van der Waals surface area contributed by atoms with E-state index in [2.05, 4.69) is 0 Å². The number of alkyl halides is 6. The van der Waals surface area contributed by atoms with Crippen molar-refractivity contribution in [3.05, 3.63) is 102 Å². The average molecular weight is 1330 g/mol. The predicted molar refractivity (Wildman–Crippen MR) is 324 cm³/mol. The van der Waals surface area contributed by atoms with Gasteiger partial charge in [-0.05, 0) is 99.8 Å². The summed E-state index contributed by atoms with van der Waals surface area (Å²) in [5, 5.41) is 32.3. The predicted octanol–water partition coefficient (Wildman–Crippen LogP) is 10.5. The van der Waals surface area contributed by atoms with Gasteiger partial charge < -0.3 is 43.6 Å². The number of hydrogen-bond acceptors (Lipinski definition) is 18. The lowest BCUT2D eigenvalue weighted by Crippen LogP contribution is -2.62. The van der Waals surface area contributed by atoms with Crippen molar-refractivity contribution in [1.82, 2.24) is 29.4 Å². The lowest BCUT2D eigenvalue weighted by Gasteiger charge is -2.46. The van der Waals surface area contributed by atoms with Crippen LogP contribution in [0, 0.1) is 47.8 Å². The van der Waals surface area contributed by atoms with Crippen molar-refractivity contribution in [3.8, 4) is 0 Å². The Bertz CT molecular complexity index is 2840. The van der Waals surface area contributed by atoms with E-state index in [4.69, 9.17) is 14.2 Å².